The smallest absolute Gasteiger partial charge is 0.305 e. The Kier molecular flexibility index (Phi) is 17.0. The summed E-state index contributed by atoms with van der Waals surface area (Å²) in [4.78, 5) is 42.1. The average molecular weight is 843 g/mol. The van der Waals surface area contributed by atoms with Gasteiger partial charge in [0.15, 0.2) is 0 Å². The summed E-state index contributed by atoms with van der Waals surface area (Å²) < 4.78 is 11.7. The van der Waals surface area contributed by atoms with E-state index in [4.69, 9.17) is 9.84 Å². The normalized spacial score (nSPS) is 12.2. The Hall–Kier alpha value is -4.34. The van der Waals surface area contributed by atoms with E-state index >= 15 is 0 Å². The second-order valence-corrected chi connectivity index (χ2v) is 13.6. The summed E-state index contributed by atoms with van der Waals surface area (Å²) in [7, 11) is 1.41. The van der Waals surface area contributed by atoms with Crippen LogP contribution < -0.4 is 20.7 Å². The second-order valence-electron chi connectivity index (χ2n) is 11.9. The lowest BCUT2D eigenvalue weighted by Crippen LogP contribution is -2.27. The monoisotopic (exact) mass is 840 g/mol. The summed E-state index contributed by atoms with van der Waals surface area (Å²) in [6.45, 7) is 5.18. The Morgan fingerprint density at radius 1 is 0.904 bits per heavy atom. The number of likely N-dealkylation sites (tertiary alicyclic amines) is 1. The molecule has 2 aromatic heterocycles. The quantitative estimate of drug-likeness (QED) is 0.0589. The molecule has 1 saturated heterocycles. The van der Waals surface area contributed by atoms with E-state index in [2.05, 4.69) is 72.5 Å². The minimum absolute atomic E-state index is 0.142. The summed E-state index contributed by atoms with van der Waals surface area (Å²) in [6.07, 6.45) is 9.50. The fourth-order valence-electron chi connectivity index (χ4n) is 5.12. The number of amides is 1. The molecule has 2 aromatic carbocycles. The minimum Gasteiger partial charge on any atom is -0.477 e. The topological polar surface area (TPSA) is 164 Å². The van der Waals surface area contributed by atoms with E-state index in [1.54, 1.807) is 12.4 Å². The largest absolute Gasteiger partial charge is 0.477 e. The van der Waals surface area contributed by atoms with Gasteiger partial charge in [-0.15, -0.1) is 0 Å². The average Bonchev–Trinajstić information content (AvgIpc) is 3.57. The van der Waals surface area contributed by atoms with E-state index in [9.17, 15) is 9.59 Å². The van der Waals surface area contributed by atoms with E-state index in [0.717, 1.165) is 89.0 Å². The van der Waals surface area contributed by atoms with Gasteiger partial charge in [0.2, 0.25) is 23.7 Å². The number of aromatic nitrogens is 4. The third-order valence-corrected chi connectivity index (χ3v) is 8.99. The van der Waals surface area contributed by atoms with Crippen molar-refractivity contribution in [3.05, 3.63) is 81.0 Å². The third-order valence-electron chi connectivity index (χ3n) is 7.86. The number of nitrogens with one attached hydrogen (secondary N) is 3. The number of aliphatic hydroxyl groups excluding tert-OH is 1. The summed E-state index contributed by atoms with van der Waals surface area (Å²) >= 11 is 6.85. The molecular formula is C37H46Br2N8O5. The minimum atomic E-state index is -0.174. The van der Waals surface area contributed by atoms with Crippen LogP contribution in [0, 0.1) is 0 Å². The lowest BCUT2D eigenvalue weighted by Gasteiger charge is -2.16. The molecule has 52 heavy (non-hydrogen) atoms. The molecule has 5 rings (SSSR count). The van der Waals surface area contributed by atoms with Crippen LogP contribution in [0.3, 0.4) is 0 Å². The molecule has 0 saturated carbocycles. The molecule has 1 aliphatic rings. The second kappa shape index (κ2) is 21.9. The van der Waals surface area contributed by atoms with Crippen molar-refractivity contribution in [2.45, 2.75) is 58.3 Å². The van der Waals surface area contributed by atoms with E-state index in [1.165, 1.54) is 7.11 Å². The highest BCUT2D eigenvalue weighted by atomic mass is 79.9. The van der Waals surface area contributed by atoms with Gasteiger partial charge < -0.3 is 35.4 Å². The third kappa shape index (κ3) is 13.7. The van der Waals surface area contributed by atoms with E-state index in [0.29, 0.717) is 43.6 Å². The van der Waals surface area contributed by atoms with Gasteiger partial charge in [-0.25, -0.2) is 9.97 Å². The van der Waals surface area contributed by atoms with Crippen LogP contribution in [0.25, 0.3) is 0 Å². The van der Waals surface area contributed by atoms with Crippen LogP contribution in [-0.4, -0.2) is 81.8 Å². The molecule has 4 N–H and O–H groups in total. The van der Waals surface area contributed by atoms with Crippen molar-refractivity contribution in [2.75, 3.05) is 55.9 Å². The summed E-state index contributed by atoms with van der Waals surface area (Å²) in [6, 6.07) is 15.8. The molecule has 0 aliphatic carbocycles. The Labute approximate surface area is 321 Å². The van der Waals surface area contributed by atoms with Gasteiger partial charge in [0.25, 0.3) is 0 Å². The predicted octanol–water partition coefficient (Wildman–Crippen LogP) is 7.21. The van der Waals surface area contributed by atoms with Crippen LogP contribution in [-0.2, 0) is 27.2 Å². The highest BCUT2D eigenvalue weighted by Gasteiger charge is 2.19. The highest BCUT2D eigenvalue weighted by Crippen LogP contribution is 2.25. The first kappa shape index (κ1) is 40.4. The van der Waals surface area contributed by atoms with Gasteiger partial charge in [0, 0.05) is 56.7 Å². The zero-order valence-corrected chi connectivity index (χ0v) is 32.7. The fourth-order valence-corrected chi connectivity index (χ4v) is 5.75. The number of halogens is 2. The first-order valence-corrected chi connectivity index (χ1v) is 19.0. The fraction of sp³-hybridized carbons (Fsp3) is 0.405. The maximum atomic E-state index is 11.6. The number of carbonyl (C=O) groups is 2. The van der Waals surface area contributed by atoms with E-state index < -0.39 is 0 Å². The zero-order chi connectivity index (χ0) is 37.1. The molecule has 0 atom stereocenters. The van der Waals surface area contributed by atoms with E-state index in [-0.39, 0.29) is 18.5 Å². The lowest BCUT2D eigenvalue weighted by atomic mass is 10.1. The highest BCUT2D eigenvalue weighted by molar-refractivity contribution is 9.11. The van der Waals surface area contributed by atoms with Crippen molar-refractivity contribution in [1.29, 1.82) is 0 Å². The van der Waals surface area contributed by atoms with Crippen molar-refractivity contribution in [1.82, 2.24) is 24.8 Å². The molecule has 1 aliphatic heterocycles. The number of aryl methyl sites for hydroxylation is 1. The molecule has 0 unspecified atom stereocenters. The van der Waals surface area contributed by atoms with Crippen LogP contribution in [0.1, 0.15) is 56.6 Å². The number of hydrogen-bond acceptors (Lipinski definition) is 12. The number of aliphatic hydroxyl groups is 1. The van der Waals surface area contributed by atoms with Crippen LogP contribution in [0.5, 0.6) is 5.88 Å². The molecule has 0 spiro atoms. The molecule has 4 aromatic rings. The number of esters is 1. The maximum Gasteiger partial charge on any atom is 0.305 e. The molecule has 278 valence electrons. The number of hydrogen-bond donors (Lipinski definition) is 4. The summed E-state index contributed by atoms with van der Waals surface area (Å²) in [5, 5.41) is 18.6. The van der Waals surface area contributed by atoms with Crippen LogP contribution in [0.4, 0.5) is 29.1 Å². The van der Waals surface area contributed by atoms with E-state index in [1.807, 2.05) is 60.4 Å². The van der Waals surface area contributed by atoms with Crippen molar-refractivity contribution < 1.29 is 24.2 Å². The molecular weight excluding hydrogens is 796 g/mol. The van der Waals surface area contributed by atoms with Gasteiger partial charge >= 0.3 is 5.97 Å². The number of nitrogens with zero attached hydrogens (tertiary/aromatic N) is 5. The maximum absolute atomic E-state index is 11.6. The molecule has 0 radical (unpaired) electrons. The number of rotatable bonds is 18. The Balaban J connectivity index is 0.000000234. The van der Waals surface area contributed by atoms with Gasteiger partial charge in [-0.1, -0.05) is 31.2 Å². The Bertz CT molecular complexity index is 1710. The van der Waals surface area contributed by atoms with Gasteiger partial charge in [-0.2, -0.15) is 9.97 Å². The standard InChI is InChI=1S/C19H24BrN5O2.C18H22BrN3O3/c20-16-13-22-19(23-15-6-4-14(5-7-15)8-12-26)24-18(16)21-9-2-11-25-10-1-3-17(25)27;1-3-11-25-17-15(19)12-20-18(22-17)21-14-9-7-13(8-10-14)5-4-6-16(23)24-2/h4-7,13,26H,1-3,8-12H2,(H2,21,22,23,24);7-10,12H,3-6,11H2,1-2H3,(H,20,21,22). The Morgan fingerprint density at radius 3 is 2.13 bits per heavy atom. The van der Waals surface area contributed by atoms with Crippen molar-refractivity contribution in [3.63, 3.8) is 0 Å². The van der Waals surface area contributed by atoms with Gasteiger partial charge in [0.1, 0.15) is 5.82 Å². The SMILES string of the molecule is CCCOc1nc(Nc2ccc(CCCC(=O)OC)cc2)ncc1Br.O=C1CCCN1CCCNc1nc(Nc2ccc(CCO)cc2)ncc1Br. The van der Waals surface area contributed by atoms with Crippen molar-refractivity contribution in [2.24, 2.45) is 0 Å². The lowest BCUT2D eigenvalue weighted by molar-refractivity contribution is -0.140. The molecule has 15 heteroatoms. The number of methoxy groups -OCH3 is 1. The summed E-state index contributed by atoms with van der Waals surface area (Å²) in [5.41, 5.74) is 4.02. The first-order valence-electron chi connectivity index (χ1n) is 17.4. The number of carbonyl (C=O) groups excluding carboxylic acids is 2. The molecule has 0 bridgehead atoms. The predicted molar refractivity (Wildman–Crippen MR) is 209 cm³/mol. The van der Waals surface area contributed by atoms with Crippen molar-refractivity contribution >= 4 is 72.8 Å². The molecule has 1 fully saturated rings. The number of anilines is 5. The molecule has 1 amide bonds. The van der Waals surface area contributed by atoms with Crippen LogP contribution in [0.15, 0.2) is 69.9 Å². The van der Waals surface area contributed by atoms with Gasteiger partial charge in [-0.05, 0) is 106 Å². The number of benzene rings is 2. The van der Waals surface area contributed by atoms with Crippen LogP contribution in [0.2, 0.25) is 0 Å². The zero-order valence-electron chi connectivity index (χ0n) is 29.5. The van der Waals surface area contributed by atoms with Crippen molar-refractivity contribution in [3.8, 4) is 5.88 Å². The number of ether oxygens (including phenoxy) is 2. The van der Waals surface area contributed by atoms with Gasteiger partial charge in [0.05, 0.1) is 28.9 Å². The summed E-state index contributed by atoms with van der Waals surface area (Å²) in [5.74, 6) is 2.32. The van der Waals surface area contributed by atoms with Gasteiger partial charge in [-0.3, -0.25) is 9.59 Å². The molecule has 3 heterocycles. The molecule has 13 nitrogen and oxygen atoms in total. The Morgan fingerprint density at radius 2 is 1.54 bits per heavy atom. The first-order chi connectivity index (χ1) is 25.3. The van der Waals surface area contributed by atoms with Crippen LogP contribution >= 0.6 is 31.9 Å².